The number of nitrogens with zero attached hydrogens (tertiary/aromatic N) is 2. The first kappa shape index (κ1) is 20.7. The fourth-order valence-electron chi connectivity index (χ4n) is 2.91. The number of rotatable bonds is 3. The number of halogens is 3. The van der Waals surface area contributed by atoms with Crippen molar-refractivity contribution >= 4 is 5.91 Å². The van der Waals surface area contributed by atoms with Gasteiger partial charge in [-0.2, -0.15) is 13.2 Å². The van der Waals surface area contributed by atoms with E-state index in [4.69, 9.17) is 4.74 Å². The summed E-state index contributed by atoms with van der Waals surface area (Å²) in [4.78, 5) is 18.2. The third kappa shape index (κ3) is 5.48. The maximum absolute atomic E-state index is 13.3. The zero-order valence-corrected chi connectivity index (χ0v) is 15.8. The van der Waals surface area contributed by atoms with E-state index >= 15 is 0 Å². The van der Waals surface area contributed by atoms with Gasteiger partial charge < -0.3 is 15.0 Å². The lowest BCUT2D eigenvalue weighted by molar-refractivity contribution is -0.137. The zero-order chi connectivity index (χ0) is 20.9. The summed E-state index contributed by atoms with van der Waals surface area (Å²) in [6.45, 7) is 4.42. The monoisotopic (exact) mass is 403 g/mol. The van der Waals surface area contributed by atoms with Gasteiger partial charge in [-0.15, -0.1) is 0 Å². The predicted octanol–water partition coefficient (Wildman–Crippen LogP) is 2.94. The van der Waals surface area contributed by atoms with Gasteiger partial charge in [-0.3, -0.25) is 9.78 Å². The molecule has 2 aromatic rings. The van der Waals surface area contributed by atoms with Gasteiger partial charge in [-0.05, 0) is 31.2 Å². The quantitative estimate of drug-likeness (QED) is 0.801. The minimum atomic E-state index is -4.58. The molecule has 1 amide bonds. The first-order chi connectivity index (χ1) is 13.9. The van der Waals surface area contributed by atoms with E-state index in [9.17, 15) is 18.0 Å². The third-order valence-corrected chi connectivity index (χ3v) is 4.29. The zero-order valence-electron chi connectivity index (χ0n) is 15.8. The maximum atomic E-state index is 13.3. The number of nitrogens with one attached hydrogen (secondary N) is 1. The summed E-state index contributed by atoms with van der Waals surface area (Å²) in [5.74, 6) is 5.60. The number of hydrogen-bond acceptors (Lipinski definition) is 4. The normalized spacial score (nSPS) is 14.1. The molecule has 1 aromatic carbocycles. The van der Waals surface area contributed by atoms with Crippen molar-refractivity contribution in [2.45, 2.75) is 13.1 Å². The number of aromatic nitrogens is 1. The van der Waals surface area contributed by atoms with Crippen LogP contribution < -0.4 is 10.1 Å². The molecule has 1 aromatic heterocycles. The summed E-state index contributed by atoms with van der Waals surface area (Å²) in [5.41, 5.74) is -0.306. The molecule has 1 N–H and O–H groups in total. The number of benzene rings is 1. The van der Waals surface area contributed by atoms with Crippen LogP contribution in [0, 0.1) is 11.8 Å². The average Bonchev–Trinajstić information content (AvgIpc) is 2.72. The van der Waals surface area contributed by atoms with Crippen molar-refractivity contribution in [3.05, 3.63) is 58.9 Å². The van der Waals surface area contributed by atoms with Crippen molar-refractivity contribution in [3.8, 4) is 17.6 Å². The number of carbonyl (C=O) groups is 1. The molecule has 0 unspecified atom stereocenters. The molecule has 29 heavy (non-hydrogen) atoms. The lowest BCUT2D eigenvalue weighted by atomic mass is 10.0. The van der Waals surface area contributed by atoms with Crippen molar-refractivity contribution in [2.75, 3.05) is 32.8 Å². The molecule has 2 heterocycles. The average molecular weight is 403 g/mol. The van der Waals surface area contributed by atoms with Crippen LogP contribution in [0.2, 0.25) is 0 Å². The van der Waals surface area contributed by atoms with Crippen molar-refractivity contribution in [1.82, 2.24) is 15.2 Å². The number of hydrogen-bond donors (Lipinski definition) is 1. The van der Waals surface area contributed by atoms with Crippen LogP contribution in [0.25, 0.3) is 0 Å². The molecule has 152 valence electrons. The molecule has 1 fully saturated rings. The highest BCUT2D eigenvalue weighted by Crippen LogP contribution is 2.31. The van der Waals surface area contributed by atoms with Crippen LogP contribution in [0.3, 0.4) is 0 Å². The van der Waals surface area contributed by atoms with Gasteiger partial charge in [0.25, 0.3) is 5.91 Å². The Kier molecular flexibility index (Phi) is 6.39. The molecular formula is C21H20F3N3O2. The number of amides is 1. The van der Waals surface area contributed by atoms with Gasteiger partial charge in [0, 0.05) is 49.1 Å². The minimum absolute atomic E-state index is 0.0211. The molecule has 8 heteroatoms. The van der Waals surface area contributed by atoms with Gasteiger partial charge in [-0.25, -0.2) is 0 Å². The Morgan fingerprint density at radius 3 is 2.55 bits per heavy atom. The molecule has 0 atom stereocenters. The molecule has 1 saturated heterocycles. The van der Waals surface area contributed by atoms with Gasteiger partial charge in [0.1, 0.15) is 5.75 Å². The largest absolute Gasteiger partial charge is 0.492 e. The van der Waals surface area contributed by atoms with E-state index < -0.39 is 17.6 Å². The molecule has 1 aliphatic rings. The predicted molar refractivity (Wildman–Crippen MR) is 102 cm³/mol. The second-order valence-electron chi connectivity index (χ2n) is 6.43. The Labute approximate surface area is 166 Å². The minimum Gasteiger partial charge on any atom is -0.492 e. The van der Waals surface area contributed by atoms with E-state index in [-0.39, 0.29) is 11.1 Å². The number of pyridine rings is 1. The number of ether oxygens (including phenoxy) is 1. The highest BCUT2D eigenvalue weighted by Gasteiger charge is 2.32. The van der Waals surface area contributed by atoms with Gasteiger partial charge in [0.15, 0.2) is 0 Å². The standard InChI is InChI=1S/C21H20F3N3O2/c1-2-29-19-11-16(13-26-14-19)4-3-15-9-17(12-18(10-15)21(22,23)24)20(28)27-7-5-25-6-8-27/h9-14,25H,2,5-8H2,1H3. The Morgan fingerprint density at radius 1 is 1.14 bits per heavy atom. The molecule has 1 aliphatic heterocycles. The van der Waals surface area contributed by atoms with E-state index in [1.165, 1.54) is 18.5 Å². The molecule has 0 radical (unpaired) electrons. The number of carbonyl (C=O) groups excluding carboxylic acids is 1. The molecule has 0 bridgehead atoms. The molecule has 3 rings (SSSR count). The Morgan fingerprint density at radius 2 is 1.86 bits per heavy atom. The van der Waals surface area contributed by atoms with Crippen LogP contribution in [0.15, 0.2) is 36.7 Å². The van der Waals surface area contributed by atoms with E-state index in [0.717, 1.165) is 12.1 Å². The van der Waals surface area contributed by atoms with Crippen LogP contribution in [-0.2, 0) is 6.18 Å². The van der Waals surface area contributed by atoms with Gasteiger partial charge >= 0.3 is 6.18 Å². The van der Waals surface area contributed by atoms with Gasteiger partial charge in [0.2, 0.25) is 0 Å². The van der Waals surface area contributed by atoms with Gasteiger partial charge in [0.05, 0.1) is 18.4 Å². The van der Waals surface area contributed by atoms with Crippen LogP contribution in [0.4, 0.5) is 13.2 Å². The summed E-state index contributed by atoms with van der Waals surface area (Å²) in [6.07, 6.45) is -1.55. The molecular weight excluding hydrogens is 383 g/mol. The summed E-state index contributed by atoms with van der Waals surface area (Å²) < 4.78 is 45.4. The molecule has 0 aliphatic carbocycles. The lowest BCUT2D eigenvalue weighted by Crippen LogP contribution is -2.46. The van der Waals surface area contributed by atoms with Gasteiger partial charge in [-0.1, -0.05) is 11.8 Å². The fraction of sp³-hybridized carbons (Fsp3) is 0.333. The van der Waals surface area contributed by atoms with Crippen LogP contribution in [-0.4, -0.2) is 48.6 Å². The lowest BCUT2D eigenvalue weighted by Gasteiger charge is -2.27. The van der Waals surface area contributed by atoms with Crippen LogP contribution in [0.5, 0.6) is 5.75 Å². The Hall–Kier alpha value is -3.05. The van der Waals surface area contributed by atoms with Crippen LogP contribution >= 0.6 is 0 Å². The van der Waals surface area contributed by atoms with Crippen molar-refractivity contribution in [3.63, 3.8) is 0 Å². The maximum Gasteiger partial charge on any atom is 0.416 e. The summed E-state index contributed by atoms with van der Waals surface area (Å²) in [5, 5.41) is 3.11. The van der Waals surface area contributed by atoms with Crippen molar-refractivity contribution < 1.29 is 22.7 Å². The van der Waals surface area contributed by atoms with Crippen molar-refractivity contribution in [2.24, 2.45) is 0 Å². The third-order valence-electron chi connectivity index (χ3n) is 4.29. The fourth-order valence-corrected chi connectivity index (χ4v) is 2.91. The summed E-state index contributed by atoms with van der Waals surface area (Å²) in [6, 6.07) is 4.88. The molecule has 0 saturated carbocycles. The number of piperazine rings is 1. The van der Waals surface area contributed by atoms with Crippen LogP contribution in [0.1, 0.15) is 34.0 Å². The van der Waals surface area contributed by atoms with E-state index in [1.807, 2.05) is 6.92 Å². The highest BCUT2D eigenvalue weighted by molar-refractivity contribution is 5.95. The number of alkyl halides is 3. The van der Waals surface area contributed by atoms with Crippen molar-refractivity contribution in [1.29, 1.82) is 0 Å². The first-order valence-corrected chi connectivity index (χ1v) is 9.19. The Bertz CT molecular complexity index is 942. The Balaban J connectivity index is 1.94. The second-order valence-corrected chi connectivity index (χ2v) is 6.43. The van der Waals surface area contributed by atoms with E-state index in [1.54, 1.807) is 11.0 Å². The summed E-state index contributed by atoms with van der Waals surface area (Å²) >= 11 is 0. The topological polar surface area (TPSA) is 54.5 Å². The summed E-state index contributed by atoms with van der Waals surface area (Å²) in [7, 11) is 0. The molecule has 5 nitrogen and oxygen atoms in total. The SMILES string of the molecule is CCOc1cncc(C#Cc2cc(C(=O)N3CCNCC3)cc(C(F)(F)F)c2)c1. The highest BCUT2D eigenvalue weighted by atomic mass is 19.4. The molecule has 0 spiro atoms. The smallest absolute Gasteiger partial charge is 0.416 e. The first-order valence-electron chi connectivity index (χ1n) is 9.19. The van der Waals surface area contributed by atoms with E-state index in [2.05, 4.69) is 22.1 Å². The van der Waals surface area contributed by atoms with E-state index in [0.29, 0.717) is 44.1 Å². The second kappa shape index (κ2) is 8.97.